The van der Waals surface area contributed by atoms with Crippen LogP contribution in [0.2, 0.25) is 0 Å². The highest BCUT2D eigenvalue weighted by Gasteiger charge is 2.17. The van der Waals surface area contributed by atoms with E-state index in [4.69, 9.17) is 4.74 Å². The van der Waals surface area contributed by atoms with Crippen molar-refractivity contribution < 1.29 is 13.2 Å². The fourth-order valence-electron chi connectivity index (χ4n) is 1.64. The van der Waals surface area contributed by atoms with Gasteiger partial charge in [-0.1, -0.05) is 6.07 Å². The molecule has 7 heteroatoms. The van der Waals surface area contributed by atoms with Gasteiger partial charge in [-0.15, -0.1) is 0 Å². The van der Waals surface area contributed by atoms with E-state index in [9.17, 15) is 8.42 Å². The number of nitrogens with one attached hydrogen (secondary N) is 1. The van der Waals surface area contributed by atoms with Gasteiger partial charge in [-0.3, -0.25) is 9.40 Å². The molecule has 2 aromatic rings. The molecule has 108 valence electrons. The normalized spacial score (nSPS) is 11.6. The van der Waals surface area contributed by atoms with Crippen molar-refractivity contribution in [3.8, 4) is 5.75 Å². The van der Waals surface area contributed by atoms with Crippen LogP contribution in [0.15, 0.2) is 41.6 Å². The number of anilines is 1. The molecule has 2 rings (SSSR count). The number of benzene rings is 1. The maximum atomic E-state index is 12.2. The van der Waals surface area contributed by atoms with Crippen molar-refractivity contribution in [2.45, 2.75) is 24.8 Å². The van der Waals surface area contributed by atoms with Gasteiger partial charge >= 0.3 is 0 Å². The molecule has 1 heterocycles. The summed E-state index contributed by atoms with van der Waals surface area (Å²) in [6, 6.07) is 6.84. The minimum absolute atomic E-state index is 0.107. The minimum atomic E-state index is -3.64. The Morgan fingerprint density at radius 3 is 2.70 bits per heavy atom. The molecule has 20 heavy (non-hydrogen) atoms. The molecule has 0 radical (unpaired) electrons. The van der Waals surface area contributed by atoms with Crippen LogP contribution in [0.25, 0.3) is 0 Å². The lowest BCUT2D eigenvalue weighted by atomic mass is 10.3. The molecule has 0 atom stereocenters. The van der Waals surface area contributed by atoms with Gasteiger partial charge in [0.15, 0.2) is 0 Å². The number of nitrogens with zero attached hydrogens (tertiary/aromatic N) is 2. The fraction of sp³-hybridized carbons (Fsp3) is 0.308. The summed E-state index contributed by atoms with van der Waals surface area (Å²) in [5.41, 5.74) is 0.446. The summed E-state index contributed by atoms with van der Waals surface area (Å²) in [5.74, 6) is 0.586. The molecule has 0 spiro atoms. The van der Waals surface area contributed by atoms with Gasteiger partial charge in [0.25, 0.3) is 10.0 Å². The first-order valence-electron chi connectivity index (χ1n) is 6.13. The lowest BCUT2D eigenvalue weighted by Gasteiger charge is -2.08. The third-order valence-electron chi connectivity index (χ3n) is 2.74. The average Bonchev–Trinajstić information content (AvgIpc) is 2.89. The van der Waals surface area contributed by atoms with Crippen molar-refractivity contribution in [1.82, 2.24) is 9.78 Å². The zero-order chi connectivity index (χ0) is 14.8. The summed E-state index contributed by atoms with van der Waals surface area (Å²) in [6.45, 7) is 3.86. The van der Waals surface area contributed by atoms with E-state index >= 15 is 0 Å². The molecule has 0 aliphatic carbocycles. The van der Waals surface area contributed by atoms with Crippen LogP contribution < -0.4 is 9.46 Å². The number of rotatable bonds is 5. The van der Waals surface area contributed by atoms with Crippen LogP contribution in [0, 0.1) is 0 Å². The predicted octanol–water partition coefficient (Wildman–Crippen LogP) is 2.27. The molecule has 0 unspecified atom stereocenters. The molecule has 0 amide bonds. The quantitative estimate of drug-likeness (QED) is 0.918. The molecule has 1 N–H and O–H groups in total. The molecular formula is C13H17N3O3S. The Balaban J connectivity index is 2.25. The molecule has 1 aromatic heterocycles. The standard InChI is InChI=1S/C13H17N3O3S/c1-10(2)16-9-13(8-14-16)20(17,18)15-11-5-4-6-12(7-11)19-3/h4-10,15H,1-3H3. The van der Waals surface area contributed by atoms with Crippen LogP contribution in [0.5, 0.6) is 5.75 Å². The summed E-state index contributed by atoms with van der Waals surface area (Å²) in [7, 11) is -2.11. The maximum absolute atomic E-state index is 12.2. The fourth-order valence-corrected chi connectivity index (χ4v) is 2.63. The van der Waals surface area contributed by atoms with E-state index in [0.29, 0.717) is 11.4 Å². The van der Waals surface area contributed by atoms with E-state index in [1.165, 1.54) is 19.5 Å². The maximum Gasteiger partial charge on any atom is 0.265 e. The van der Waals surface area contributed by atoms with Crippen molar-refractivity contribution >= 4 is 15.7 Å². The van der Waals surface area contributed by atoms with E-state index in [2.05, 4.69) is 9.82 Å². The monoisotopic (exact) mass is 295 g/mol. The van der Waals surface area contributed by atoms with Crippen molar-refractivity contribution in [1.29, 1.82) is 0 Å². The molecule has 0 aliphatic heterocycles. The van der Waals surface area contributed by atoms with Crippen molar-refractivity contribution in [2.75, 3.05) is 11.8 Å². The van der Waals surface area contributed by atoms with Crippen LogP contribution in [0.4, 0.5) is 5.69 Å². The summed E-state index contributed by atoms with van der Waals surface area (Å²) < 4.78 is 33.6. The molecule has 0 bridgehead atoms. The number of hydrogen-bond donors (Lipinski definition) is 1. The number of hydrogen-bond acceptors (Lipinski definition) is 4. The van der Waals surface area contributed by atoms with Gasteiger partial charge in [-0.25, -0.2) is 8.42 Å². The third kappa shape index (κ3) is 3.11. The van der Waals surface area contributed by atoms with E-state index in [1.807, 2.05) is 13.8 Å². The first kappa shape index (κ1) is 14.4. The summed E-state index contributed by atoms with van der Waals surface area (Å²) >= 11 is 0. The molecule has 6 nitrogen and oxygen atoms in total. The van der Waals surface area contributed by atoms with Crippen molar-refractivity contribution in [2.24, 2.45) is 0 Å². The van der Waals surface area contributed by atoms with Gasteiger partial charge in [0.05, 0.1) is 19.0 Å². The lowest BCUT2D eigenvalue weighted by molar-refractivity contribution is 0.415. The first-order chi connectivity index (χ1) is 9.42. The van der Waals surface area contributed by atoms with E-state index in [0.717, 1.165) is 0 Å². The minimum Gasteiger partial charge on any atom is -0.497 e. The number of methoxy groups -OCH3 is 1. The zero-order valence-electron chi connectivity index (χ0n) is 11.6. The molecule has 0 saturated carbocycles. The Hall–Kier alpha value is -2.02. The van der Waals surface area contributed by atoms with Crippen molar-refractivity contribution in [3.05, 3.63) is 36.7 Å². The number of sulfonamides is 1. The Morgan fingerprint density at radius 2 is 2.10 bits per heavy atom. The molecule has 0 fully saturated rings. The summed E-state index contributed by atoms with van der Waals surface area (Å²) in [4.78, 5) is 0.133. The summed E-state index contributed by atoms with van der Waals surface area (Å²) in [5, 5.41) is 4.03. The highest BCUT2D eigenvalue weighted by Crippen LogP contribution is 2.20. The van der Waals surface area contributed by atoms with Crippen LogP contribution in [-0.2, 0) is 10.0 Å². The van der Waals surface area contributed by atoms with E-state index in [1.54, 1.807) is 28.9 Å². The Labute approximate surface area is 118 Å². The van der Waals surface area contributed by atoms with Gasteiger partial charge in [0.2, 0.25) is 0 Å². The lowest BCUT2D eigenvalue weighted by Crippen LogP contribution is -2.12. The molecule has 1 aromatic carbocycles. The van der Waals surface area contributed by atoms with Crippen molar-refractivity contribution in [3.63, 3.8) is 0 Å². The van der Waals surface area contributed by atoms with Crippen LogP contribution in [0.3, 0.4) is 0 Å². The number of aromatic nitrogens is 2. The Kier molecular flexibility index (Phi) is 3.99. The molecule has 0 saturated heterocycles. The van der Waals surface area contributed by atoms with Gasteiger partial charge in [0.1, 0.15) is 10.6 Å². The first-order valence-corrected chi connectivity index (χ1v) is 7.62. The second kappa shape index (κ2) is 5.54. The van der Waals surface area contributed by atoms with Gasteiger partial charge in [-0.2, -0.15) is 5.10 Å². The topological polar surface area (TPSA) is 73.2 Å². The van der Waals surface area contributed by atoms with Crippen LogP contribution >= 0.6 is 0 Å². The van der Waals surface area contributed by atoms with Gasteiger partial charge in [-0.05, 0) is 26.0 Å². The predicted molar refractivity (Wildman–Crippen MR) is 76.4 cm³/mol. The highest BCUT2D eigenvalue weighted by molar-refractivity contribution is 7.92. The van der Waals surface area contributed by atoms with Crippen LogP contribution in [0.1, 0.15) is 19.9 Å². The van der Waals surface area contributed by atoms with Gasteiger partial charge in [0, 0.05) is 18.3 Å². The Morgan fingerprint density at radius 1 is 1.35 bits per heavy atom. The highest BCUT2D eigenvalue weighted by atomic mass is 32.2. The van der Waals surface area contributed by atoms with Crippen LogP contribution in [-0.4, -0.2) is 25.3 Å². The number of ether oxygens (including phenoxy) is 1. The zero-order valence-corrected chi connectivity index (χ0v) is 12.4. The average molecular weight is 295 g/mol. The Bertz CT molecular complexity index is 692. The molecular weight excluding hydrogens is 278 g/mol. The summed E-state index contributed by atoms with van der Waals surface area (Å²) in [6.07, 6.45) is 2.84. The largest absolute Gasteiger partial charge is 0.497 e. The van der Waals surface area contributed by atoms with Gasteiger partial charge < -0.3 is 4.74 Å². The molecule has 0 aliphatic rings. The second-order valence-electron chi connectivity index (χ2n) is 4.59. The SMILES string of the molecule is COc1cccc(NS(=O)(=O)c2cnn(C(C)C)c2)c1. The smallest absolute Gasteiger partial charge is 0.265 e. The third-order valence-corrected chi connectivity index (χ3v) is 4.08. The van der Waals surface area contributed by atoms with E-state index < -0.39 is 10.0 Å². The second-order valence-corrected chi connectivity index (χ2v) is 6.27. The van der Waals surface area contributed by atoms with E-state index in [-0.39, 0.29) is 10.9 Å².